The van der Waals surface area contributed by atoms with E-state index in [1.165, 1.54) is 17.8 Å². The molecule has 6 nitrogen and oxygen atoms in total. The summed E-state index contributed by atoms with van der Waals surface area (Å²) in [7, 11) is 0. The van der Waals surface area contributed by atoms with Gasteiger partial charge in [0.1, 0.15) is 18.0 Å². The van der Waals surface area contributed by atoms with Gasteiger partial charge in [0.05, 0.1) is 25.4 Å². The molecular weight excluding hydrogens is 433 g/mol. The largest absolute Gasteiger partial charge is 0.493 e. The standard InChI is InChI=1S/C27H30FN3O3/c1-19(2)18-34-25-14-20(13-22(28)15-25)17-29-27(32)16-23-5-8-26(30-23)21-3-6-24(7-4-21)31-9-11-33-12-10-31/h3-8,13-15,19H,9-12,16-18H2,1-2H3/p+1. The van der Waals surface area contributed by atoms with Crippen molar-refractivity contribution >= 4 is 23.0 Å². The zero-order chi connectivity index (χ0) is 23.9. The van der Waals surface area contributed by atoms with Crippen molar-refractivity contribution in [3.8, 4) is 5.75 Å². The lowest BCUT2D eigenvalue weighted by atomic mass is 10.1. The molecule has 0 spiro atoms. The van der Waals surface area contributed by atoms with Crippen molar-refractivity contribution < 1.29 is 18.7 Å². The highest BCUT2D eigenvalue weighted by Crippen LogP contribution is 2.18. The van der Waals surface area contributed by atoms with Gasteiger partial charge in [-0.15, -0.1) is 0 Å². The molecule has 2 aliphatic heterocycles. The van der Waals surface area contributed by atoms with Crippen LogP contribution in [-0.4, -0.2) is 50.2 Å². The van der Waals surface area contributed by atoms with Gasteiger partial charge in [-0.3, -0.25) is 4.79 Å². The summed E-state index contributed by atoms with van der Waals surface area (Å²) in [6.45, 7) is 8.10. The van der Waals surface area contributed by atoms with Crippen LogP contribution in [0.4, 0.5) is 10.1 Å². The van der Waals surface area contributed by atoms with Crippen LogP contribution in [0.25, 0.3) is 0 Å². The Balaban J connectivity index is 1.33. The first-order valence-electron chi connectivity index (χ1n) is 11.7. The lowest BCUT2D eigenvalue weighted by Crippen LogP contribution is -2.36. The number of nitrogens with one attached hydrogen (secondary N) is 1. The molecule has 1 amide bonds. The molecule has 2 aromatic carbocycles. The quantitative estimate of drug-likeness (QED) is 0.579. The summed E-state index contributed by atoms with van der Waals surface area (Å²) < 4.78 is 29.5. The Bertz CT molecular complexity index is 1110. The number of benzene rings is 2. The number of ether oxygens (including phenoxy) is 2. The van der Waals surface area contributed by atoms with Crippen molar-refractivity contribution in [1.82, 2.24) is 9.98 Å². The maximum atomic E-state index is 13.9. The number of allylic oxidation sites excluding steroid dienone is 2. The van der Waals surface area contributed by atoms with Gasteiger partial charge in [-0.25, -0.2) is 4.39 Å². The van der Waals surface area contributed by atoms with Crippen molar-refractivity contribution in [3.63, 3.8) is 0 Å². The Morgan fingerprint density at radius 3 is 2.65 bits per heavy atom. The number of nitrogens with zero attached hydrogens (tertiary/aromatic N) is 2. The van der Waals surface area contributed by atoms with Crippen LogP contribution >= 0.6 is 0 Å². The summed E-state index contributed by atoms with van der Waals surface area (Å²) in [6.07, 6.45) is 3.96. The molecule has 1 saturated heterocycles. The van der Waals surface area contributed by atoms with Gasteiger partial charge in [-0.2, -0.15) is 0 Å². The Morgan fingerprint density at radius 2 is 1.91 bits per heavy atom. The van der Waals surface area contributed by atoms with Gasteiger partial charge in [-0.1, -0.05) is 18.5 Å². The molecule has 0 aromatic heterocycles. The van der Waals surface area contributed by atoms with Crippen molar-refractivity contribution in [2.75, 3.05) is 37.8 Å². The molecule has 4 rings (SSSR count). The molecule has 2 heterocycles. The molecule has 0 bridgehead atoms. The molecule has 2 aromatic rings. The van der Waals surface area contributed by atoms with Gasteiger partial charge in [-0.05, 0) is 47.9 Å². The van der Waals surface area contributed by atoms with Gasteiger partial charge in [0.25, 0.3) is 0 Å². The monoisotopic (exact) mass is 464 g/mol. The molecule has 1 fully saturated rings. The van der Waals surface area contributed by atoms with E-state index < -0.39 is 0 Å². The summed E-state index contributed by atoms with van der Waals surface area (Å²) in [4.78, 5) is 14.7. The highest BCUT2D eigenvalue weighted by Gasteiger charge is 2.22. The summed E-state index contributed by atoms with van der Waals surface area (Å²) in [5.41, 5.74) is 4.38. The molecule has 0 atom stereocenters. The molecule has 0 saturated carbocycles. The van der Waals surface area contributed by atoms with Crippen molar-refractivity contribution in [2.45, 2.75) is 26.8 Å². The summed E-state index contributed by atoms with van der Waals surface area (Å²) in [5, 5.41) is 2.84. The number of carbonyl (C=O) groups is 1. The molecule has 0 aliphatic carbocycles. The minimum absolute atomic E-state index is 0.165. The predicted octanol–water partition coefficient (Wildman–Crippen LogP) is 3.27. The number of halogens is 1. The number of hydrogen-bond donors (Lipinski definition) is 1. The summed E-state index contributed by atoms with van der Waals surface area (Å²) >= 11 is 0. The fourth-order valence-electron chi connectivity index (χ4n) is 3.82. The van der Waals surface area contributed by atoms with E-state index in [0.29, 0.717) is 29.5 Å². The lowest BCUT2D eigenvalue weighted by Gasteiger charge is -2.28. The number of amides is 1. The fourth-order valence-corrected chi connectivity index (χ4v) is 3.82. The van der Waals surface area contributed by atoms with E-state index >= 15 is 0 Å². The minimum atomic E-state index is -0.382. The van der Waals surface area contributed by atoms with E-state index in [1.807, 2.05) is 26.0 Å². The Labute approximate surface area is 199 Å². The van der Waals surface area contributed by atoms with Crippen molar-refractivity contribution in [3.05, 3.63) is 71.6 Å². The van der Waals surface area contributed by atoms with Crippen LogP contribution in [0.15, 0.2) is 54.6 Å². The van der Waals surface area contributed by atoms with Crippen LogP contribution in [0.3, 0.4) is 0 Å². The average molecular weight is 465 g/mol. The third kappa shape index (κ3) is 6.56. The van der Waals surface area contributed by atoms with Crippen LogP contribution in [0.5, 0.6) is 5.75 Å². The highest BCUT2D eigenvalue weighted by atomic mass is 19.1. The zero-order valence-electron chi connectivity index (χ0n) is 19.7. The van der Waals surface area contributed by atoms with Gasteiger partial charge in [0.15, 0.2) is 0 Å². The Hall–Kier alpha value is -3.41. The first kappa shape index (κ1) is 23.7. The SMILES string of the molecule is CC(C)COc1cc(F)cc(CNC(=O)CC2=[N+]=C(c3ccc(N4CCOCC4)cc3)C=C2)c1. The molecule has 34 heavy (non-hydrogen) atoms. The van der Waals surface area contributed by atoms with Crippen LogP contribution in [-0.2, 0) is 16.1 Å². The van der Waals surface area contributed by atoms with Crippen LogP contribution in [0.1, 0.15) is 31.4 Å². The van der Waals surface area contributed by atoms with Gasteiger partial charge in [0, 0.05) is 43.5 Å². The second-order valence-corrected chi connectivity index (χ2v) is 8.92. The lowest BCUT2D eigenvalue weighted by molar-refractivity contribution is -0.120. The number of rotatable bonds is 9. The fraction of sp³-hybridized carbons (Fsp3) is 0.370. The van der Waals surface area contributed by atoms with Crippen molar-refractivity contribution in [2.24, 2.45) is 5.92 Å². The van der Waals surface area contributed by atoms with Crippen LogP contribution in [0, 0.1) is 11.7 Å². The zero-order valence-corrected chi connectivity index (χ0v) is 19.7. The second-order valence-electron chi connectivity index (χ2n) is 8.92. The summed E-state index contributed by atoms with van der Waals surface area (Å²) in [5.74, 6) is 0.268. The van der Waals surface area contributed by atoms with E-state index in [9.17, 15) is 9.18 Å². The normalized spacial score (nSPS) is 15.4. The molecule has 7 heteroatoms. The third-order valence-corrected chi connectivity index (χ3v) is 5.58. The topological polar surface area (TPSA) is 64.9 Å². The van der Waals surface area contributed by atoms with E-state index in [2.05, 4.69) is 39.2 Å². The molecule has 0 radical (unpaired) electrons. The van der Waals surface area contributed by atoms with E-state index in [4.69, 9.17) is 9.47 Å². The first-order valence-corrected chi connectivity index (χ1v) is 11.7. The van der Waals surface area contributed by atoms with E-state index in [1.54, 1.807) is 6.07 Å². The number of morpholine rings is 1. The molecular formula is C27H31FN3O3+. The smallest absolute Gasteiger partial charge is 0.334 e. The maximum absolute atomic E-state index is 13.9. The van der Waals surface area contributed by atoms with Crippen LogP contribution in [0.2, 0.25) is 0 Å². The third-order valence-electron chi connectivity index (χ3n) is 5.58. The van der Waals surface area contributed by atoms with E-state index in [0.717, 1.165) is 37.6 Å². The average Bonchev–Trinajstić information content (AvgIpc) is 3.30. The Kier molecular flexibility index (Phi) is 7.78. The van der Waals surface area contributed by atoms with Crippen molar-refractivity contribution in [1.29, 1.82) is 0 Å². The number of anilines is 1. The first-order chi connectivity index (χ1) is 16.5. The maximum Gasteiger partial charge on any atom is 0.334 e. The van der Waals surface area contributed by atoms with Gasteiger partial charge >= 0.3 is 11.4 Å². The van der Waals surface area contributed by atoms with Gasteiger partial charge < -0.3 is 19.7 Å². The predicted molar refractivity (Wildman–Crippen MR) is 133 cm³/mol. The molecule has 178 valence electrons. The minimum Gasteiger partial charge on any atom is -0.493 e. The van der Waals surface area contributed by atoms with Gasteiger partial charge in [0.2, 0.25) is 5.91 Å². The molecule has 1 N–H and O–H groups in total. The number of hydrogen-bond acceptors (Lipinski definition) is 4. The Morgan fingerprint density at radius 1 is 1.15 bits per heavy atom. The highest BCUT2D eigenvalue weighted by molar-refractivity contribution is 6.20. The second kappa shape index (κ2) is 11.1. The van der Waals surface area contributed by atoms with E-state index in [-0.39, 0.29) is 24.7 Å². The summed E-state index contributed by atoms with van der Waals surface area (Å²) in [6, 6.07) is 12.8. The number of carbonyl (C=O) groups excluding carboxylic acids is 1. The van der Waals surface area contributed by atoms with Crippen LogP contribution < -0.4 is 19.6 Å². The molecule has 0 unspecified atom stereocenters. The molecule has 2 aliphatic rings.